The summed E-state index contributed by atoms with van der Waals surface area (Å²) < 4.78 is 0. The van der Waals surface area contributed by atoms with Crippen LogP contribution in [0, 0.1) is 0 Å². The van der Waals surface area contributed by atoms with Gasteiger partial charge in [0.15, 0.2) is 0 Å². The molecule has 0 aliphatic carbocycles. The van der Waals surface area contributed by atoms with Crippen LogP contribution in [0.3, 0.4) is 0 Å². The minimum absolute atomic E-state index is 0.350. The van der Waals surface area contributed by atoms with Crippen molar-refractivity contribution in [2.24, 2.45) is 0 Å². The number of aliphatic carboxylic acids is 1. The van der Waals surface area contributed by atoms with Crippen molar-refractivity contribution in [1.29, 1.82) is 0 Å². The molecule has 1 rings (SSSR count). The van der Waals surface area contributed by atoms with Gasteiger partial charge in [-0.3, -0.25) is 0 Å². The Morgan fingerprint density at radius 3 is 3.00 bits per heavy atom. The Morgan fingerprint density at radius 2 is 2.38 bits per heavy atom. The summed E-state index contributed by atoms with van der Waals surface area (Å²) in [4.78, 5) is 22.5. The number of rotatable bonds is 4. The number of allylic oxidation sites excluding steroid dienone is 1. The predicted molar refractivity (Wildman–Crippen MR) is 47.2 cm³/mol. The lowest BCUT2D eigenvalue weighted by molar-refractivity contribution is -0.141. The van der Waals surface area contributed by atoms with Gasteiger partial charge in [-0.1, -0.05) is 6.08 Å². The number of likely N-dealkylation sites (tertiary alicyclic amines) is 1. The van der Waals surface area contributed by atoms with Crippen LogP contribution in [-0.2, 0) is 9.59 Å². The van der Waals surface area contributed by atoms with Crippen molar-refractivity contribution < 1.29 is 14.7 Å². The molecule has 0 amide bonds. The average molecular weight is 183 g/mol. The molecule has 1 heterocycles. The van der Waals surface area contributed by atoms with E-state index in [1.165, 1.54) is 0 Å². The van der Waals surface area contributed by atoms with Crippen LogP contribution in [0.15, 0.2) is 12.3 Å². The molecular formula is C9H13NO3. The van der Waals surface area contributed by atoms with Crippen LogP contribution < -0.4 is 0 Å². The van der Waals surface area contributed by atoms with E-state index in [0.717, 1.165) is 19.3 Å². The Hall–Kier alpha value is -1.32. The molecular weight excluding hydrogens is 170 g/mol. The standard InChI is InChI=1S/C9H13NO3/c11-7-2-1-5-10-6-3-4-8(10)9(12)13/h1,5,7-8H,2-4,6H2,(H,12,13)/b5-1+/t8-/m0/s1. The highest BCUT2D eigenvalue weighted by molar-refractivity contribution is 5.74. The minimum atomic E-state index is -0.784. The third kappa shape index (κ3) is 2.57. The molecule has 1 saturated heterocycles. The van der Waals surface area contributed by atoms with Crippen LogP contribution in [0.5, 0.6) is 0 Å². The van der Waals surface area contributed by atoms with Crippen molar-refractivity contribution in [3.8, 4) is 0 Å². The van der Waals surface area contributed by atoms with Gasteiger partial charge in [0.25, 0.3) is 0 Å². The monoisotopic (exact) mass is 183 g/mol. The number of carbonyl (C=O) groups excluding carboxylic acids is 1. The Morgan fingerprint density at radius 1 is 1.62 bits per heavy atom. The van der Waals surface area contributed by atoms with Crippen molar-refractivity contribution in [2.45, 2.75) is 25.3 Å². The summed E-state index contributed by atoms with van der Waals surface area (Å²) >= 11 is 0. The van der Waals surface area contributed by atoms with Gasteiger partial charge in [-0.15, -0.1) is 0 Å². The lowest BCUT2D eigenvalue weighted by Gasteiger charge is -2.18. The third-order valence-corrected chi connectivity index (χ3v) is 2.11. The van der Waals surface area contributed by atoms with Gasteiger partial charge in [0.05, 0.1) is 0 Å². The quantitative estimate of drug-likeness (QED) is 0.650. The summed E-state index contributed by atoms with van der Waals surface area (Å²) in [5.41, 5.74) is 0. The number of aldehydes is 1. The number of nitrogens with zero attached hydrogens (tertiary/aromatic N) is 1. The molecule has 1 fully saturated rings. The molecule has 1 aliphatic rings. The van der Waals surface area contributed by atoms with E-state index < -0.39 is 12.0 Å². The van der Waals surface area contributed by atoms with Gasteiger partial charge in [0.2, 0.25) is 0 Å². The second-order valence-corrected chi connectivity index (χ2v) is 3.02. The molecule has 0 unspecified atom stereocenters. The van der Waals surface area contributed by atoms with Crippen molar-refractivity contribution in [3.63, 3.8) is 0 Å². The van der Waals surface area contributed by atoms with Gasteiger partial charge in [-0.2, -0.15) is 0 Å². The molecule has 0 aromatic rings. The second kappa shape index (κ2) is 4.64. The van der Waals surface area contributed by atoms with Crippen LogP contribution in [0.4, 0.5) is 0 Å². The zero-order chi connectivity index (χ0) is 9.68. The maximum absolute atomic E-state index is 10.7. The first-order valence-corrected chi connectivity index (χ1v) is 4.34. The average Bonchev–Trinajstić information content (AvgIpc) is 2.53. The maximum Gasteiger partial charge on any atom is 0.326 e. The number of hydrogen-bond donors (Lipinski definition) is 1. The first-order chi connectivity index (χ1) is 6.25. The minimum Gasteiger partial charge on any atom is -0.480 e. The first-order valence-electron chi connectivity index (χ1n) is 4.34. The number of hydrogen-bond acceptors (Lipinski definition) is 3. The van der Waals surface area contributed by atoms with Crippen molar-refractivity contribution in [3.05, 3.63) is 12.3 Å². The van der Waals surface area contributed by atoms with E-state index in [2.05, 4.69) is 0 Å². The molecule has 0 aromatic carbocycles. The van der Waals surface area contributed by atoms with E-state index >= 15 is 0 Å². The van der Waals surface area contributed by atoms with Crippen LogP contribution in [0.1, 0.15) is 19.3 Å². The van der Waals surface area contributed by atoms with Gasteiger partial charge in [0.1, 0.15) is 12.3 Å². The predicted octanol–water partition coefficient (Wildman–Crippen LogP) is 0.638. The van der Waals surface area contributed by atoms with E-state index in [-0.39, 0.29) is 0 Å². The summed E-state index contributed by atoms with van der Waals surface area (Å²) in [5.74, 6) is -0.784. The fourth-order valence-electron chi connectivity index (χ4n) is 1.48. The SMILES string of the molecule is O=CC/C=C/N1CCC[C@H]1C(=O)O. The molecule has 1 N–H and O–H groups in total. The zero-order valence-electron chi connectivity index (χ0n) is 7.35. The van der Waals surface area contributed by atoms with Crippen LogP contribution in [0.2, 0.25) is 0 Å². The Labute approximate surface area is 76.8 Å². The molecule has 72 valence electrons. The number of carboxylic acid groups (broad SMARTS) is 1. The summed E-state index contributed by atoms with van der Waals surface area (Å²) in [7, 11) is 0. The summed E-state index contributed by atoms with van der Waals surface area (Å²) in [5, 5.41) is 8.80. The highest BCUT2D eigenvalue weighted by atomic mass is 16.4. The normalized spacial score (nSPS) is 22.5. The maximum atomic E-state index is 10.7. The molecule has 1 atom stereocenters. The van der Waals surface area contributed by atoms with E-state index in [9.17, 15) is 9.59 Å². The van der Waals surface area contributed by atoms with Crippen molar-refractivity contribution in [1.82, 2.24) is 4.90 Å². The molecule has 4 nitrogen and oxygen atoms in total. The third-order valence-electron chi connectivity index (χ3n) is 2.11. The fourth-order valence-corrected chi connectivity index (χ4v) is 1.48. The second-order valence-electron chi connectivity index (χ2n) is 3.02. The molecule has 0 aromatic heterocycles. The van der Waals surface area contributed by atoms with Crippen molar-refractivity contribution >= 4 is 12.3 Å². The molecule has 4 heteroatoms. The largest absolute Gasteiger partial charge is 0.480 e. The Balaban J connectivity index is 2.48. The van der Waals surface area contributed by atoms with E-state index in [0.29, 0.717) is 12.8 Å². The van der Waals surface area contributed by atoms with E-state index in [1.807, 2.05) is 0 Å². The Bertz CT molecular complexity index is 225. The van der Waals surface area contributed by atoms with Gasteiger partial charge < -0.3 is 14.8 Å². The molecule has 0 saturated carbocycles. The molecule has 1 aliphatic heterocycles. The zero-order valence-corrected chi connectivity index (χ0v) is 7.35. The van der Waals surface area contributed by atoms with Crippen LogP contribution in [-0.4, -0.2) is 34.8 Å². The molecule has 0 bridgehead atoms. The van der Waals surface area contributed by atoms with Gasteiger partial charge in [-0.05, 0) is 19.0 Å². The topological polar surface area (TPSA) is 57.6 Å². The first kappa shape index (κ1) is 9.77. The van der Waals surface area contributed by atoms with Gasteiger partial charge in [0, 0.05) is 13.0 Å². The molecule has 13 heavy (non-hydrogen) atoms. The number of carboxylic acids is 1. The number of carbonyl (C=O) groups is 2. The smallest absolute Gasteiger partial charge is 0.326 e. The van der Waals surface area contributed by atoms with Crippen molar-refractivity contribution in [2.75, 3.05) is 6.54 Å². The van der Waals surface area contributed by atoms with Crippen LogP contribution in [0.25, 0.3) is 0 Å². The molecule has 0 radical (unpaired) electrons. The summed E-state index contributed by atoms with van der Waals surface area (Å²) in [6.07, 6.45) is 6.14. The summed E-state index contributed by atoms with van der Waals surface area (Å²) in [6.45, 7) is 0.770. The highest BCUT2D eigenvalue weighted by Crippen LogP contribution is 2.17. The molecule has 0 spiro atoms. The lowest BCUT2D eigenvalue weighted by atomic mass is 10.2. The van der Waals surface area contributed by atoms with Gasteiger partial charge >= 0.3 is 5.97 Å². The van der Waals surface area contributed by atoms with E-state index in [1.54, 1.807) is 17.2 Å². The van der Waals surface area contributed by atoms with E-state index in [4.69, 9.17) is 5.11 Å². The lowest BCUT2D eigenvalue weighted by Crippen LogP contribution is -2.31. The Kier molecular flexibility index (Phi) is 3.49. The van der Waals surface area contributed by atoms with Gasteiger partial charge in [-0.25, -0.2) is 4.79 Å². The highest BCUT2D eigenvalue weighted by Gasteiger charge is 2.27. The van der Waals surface area contributed by atoms with Crippen LogP contribution >= 0.6 is 0 Å². The fraction of sp³-hybridized carbons (Fsp3) is 0.556. The summed E-state index contributed by atoms with van der Waals surface area (Å²) in [6, 6.07) is -0.400.